The highest BCUT2D eigenvalue weighted by Gasteiger charge is 2.32. The van der Waals surface area contributed by atoms with Crippen molar-refractivity contribution in [3.05, 3.63) is 0 Å². The van der Waals surface area contributed by atoms with E-state index in [0.29, 0.717) is 5.41 Å². The lowest BCUT2D eigenvalue weighted by atomic mass is 9.83. The molecule has 1 N–H and O–H groups in total. The van der Waals surface area contributed by atoms with E-state index in [1.165, 1.54) is 19.5 Å². The zero-order valence-electron chi connectivity index (χ0n) is 12.0. The van der Waals surface area contributed by atoms with Crippen LogP contribution in [-0.4, -0.2) is 37.6 Å². The Morgan fingerprint density at radius 3 is 2.44 bits per heavy atom. The van der Waals surface area contributed by atoms with Crippen LogP contribution in [0.5, 0.6) is 0 Å². The van der Waals surface area contributed by atoms with Crippen LogP contribution in [0.2, 0.25) is 0 Å². The first-order valence-corrected chi connectivity index (χ1v) is 6.74. The third kappa shape index (κ3) is 3.74. The minimum absolute atomic E-state index is 0.375. The molecule has 0 amide bonds. The molecule has 3 unspecified atom stereocenters. The molecule has 3 atom stereocenters. The molecule has 16 heavy (non-hydrogen) atoms. The predicted molar refractivity (Wildman–Crippen MR) is 71.7 cm³/mol. The fourth-order valence-electron chi connectivity index (χ4n) is 3.13. The van der Waals surface area contributed by atoms with Gasteiger partial charge in [0.2, 0.25) is 0 Å². The fraction of sp³-hybridized carbons (Fsp3) is 1.00. The zero-order chi connectivity index (χ0) is 12.3. The molecule has 1 aliphatic heterocycles. The summed E-state index contributed by atoms with van der Waals surface area (Å²) in [5.74, 6) is 1.70. The van der Waals surface area contributed by atoms with Crippen molar-refractivity contribution in [2.75, 3.05) is 26.7 Å². The lowest BCUT2D eigenvalue weighted by Crippen LogP contribution is -2.50. The monoisotopic (exact) mass is 226 g/mol. The van der Waals surface area contributed by atoms with E-state index in [1.54, 1.807) is 0 Å². The van der Waals surface area contributed by atoms with E-state index in [4.69, 9.17) is 0 Å². The van der Waals surface area contributed by atoms with Crippen LogP contribution >= 0.6 is 0 Å². The maximum atomic E-state index is 3.31. The minimum Gasteiger partial charge on any atom is -0.319 e. The third-order valence-corrected chi connectivity index (χ3v) is 4.01. The van der Waals surface area contributed by atoms with Crippen molar-refractivity contribution in [1.82, 2.24) is 10.2 Å². The standard InChI is InChI=1S/C14H30N2/c1-11-7-12(2)13(3)16(8-11)10-14(4,5)9-15-6/h11-13,15H,7-10H2,1-6H3. The summed E-state index contributed by atoms with van der Waals surface area (Å²) in [6.07, 6.45) is 1.39. The van der Waals surface area contributed by atoms with Gasteiger partial charge in [-0.2, -0.15) is 0 Å². The minimum atomic E-state index is 0.375. The molecule has 0 radical (unpaired) electrons. The van der Waals surface area contributed by atoms with Gasteiger partial charge in [0.1, 0.15) is 0 Å². The smallest absolute Gasteiger partial charge is 0.00930 e. The van der Waals surface area contributed by atoms with E-state index in [9.17, 15) is 0 Å². The van der Waals surface area contributed by atoms with E-state index in [0.717, 1.165) is 24.4 Å². The van der Waals surface area contributed by atoms with Crippen molar-refractivity contribution in [2.45, 2.75) is 47.1 Å². The molecule has 1 aliphatic rings. The number of hydrogen-bond donors (Lipinski definition) is 1. The summed E-state index contributed by atoms with van der Waals surface area (Å²) in [4.78, 5) is 2.69. The molecule has 0 aromatic carbocycles. The van der Waals surface area contributed by atoms with Gasteiger partial charge in [0, 0.05) is 25.7 Å². The average Bonchev–Trinajstić information content (AvgIpc) is 2.12. The Morgan fingerprint density at radius 2 is 1.88 bits per heavy atom. The molecule has 0 bridgehead atoms. The normalized spacial score (nSPS) is 33.0. The van der Waals surface area contributed by atoms with E-state index >= 15 is 0 Å². The zero-order valence-corrected chi connectivity index (χ0v) is 12.0. The molecule has 0 saturated carbocycles. The Labute approximate surface area is 102 Å². The molecule has 2 nitrogen and oxygen atoms in total. The summed E-state index contributed by atoms with van der Waals surface area (Å²) in [5, 5.41) is 3.31. The van der Waals surface area contributed by atoms with E-state index in [1.807, 2.05) is 7.05 Å². The van der Waals surface area contributed by atoms with Crippen LogP contribution in [-0.2, 0) is 0 Å². The second-order valence-electron chi connectivity index (χ2n) is 6.68. The van der Waals surface area contributed by atoms with Gasteiger partial charge in [-0.3, -0.25) is 4.90 Å². The molecule has 1 saturated heterocycles. The number of nitrogens with zero attached hydrogens (tertiary/aromatic N) is 1. The molecule has 1 heterocycles. The largest absolute Gasteiger partial charge is 0.319 e. The van der Waals surface area contributed by atoms with Crippen molar-refractivity contribution in [3.8, 4) is 0 Å². The van der Waals surface area contributed by atoms with Gasteiger partial charge in [-0.1, -0.05) is 27.7 Å². The molecule has 96 valence electrons. The summed E-state index contributed by atoms with van der Waals surface area (Å²) in [6.45, 7) is 15.5. The number of likely N-dealkylation sites (tertiary alicyclic amines) is 1. The molecule has 1 fully saturated rings. The van der Waals surface area contributed by atoms with Gasteiger partial charge in [0.25, 0.3) is 0 Å². The van der Waals surface area contributed by atoms with Crippen LogP contribution in [0.3, 0.4) is 0 Å². The van der Waals surface area contributed by atoms with Gasteiger partial charge in [-0.05, 0) is 37.6 Å². The Morgan fingerprint density at radius 1 is 1.25 bits per heavy atom. The molecule has 0 aromatic heterocycles. The summed E-state index contributed by atoms with van der Waals surface area (Å²) in [6, 6.07) is 0.743. The van der Waals surface area contributed by atoms with Crippen molar-refractivity contribution in [2.24, 2.45) is 17.3 Å². The van der Waals surface area contributed by atoms with Gasteiger partial charge in [-0.15, -0.1) is 0 Å². The molecule has 1 rings (SSSR count). The molecule has 0 aliphatic carbocycles. The first-order chi connectivity index (χ1) is 7.35. The van der Waals surface area contributed by atoms with Crippen LogP contribution < -0.4 is 5.32 Å². The Hall–Kier alpha value is -0.0800. The Kier molecular flexibility index (Phi) is 4.81. The first kappa shape index (κ1) is 14.0. The highest BCUT2D eigenvalue weighted by Crippen LogP contribution is 2.29. The van der Waals surface area contributed by atoms with Crippen molar-refractivity contribution in [1.29, 1.82) is 0 Å². The number of piperidine rings is 1. The lowest BCUT2D eigenvalue weighted by Gasteiger charge is -2.44. The van der Waals surface area contributed by atoms with Gasteiger partial charge in [0.15, 0.2) is 0 Å². The molecule has 2 heteroatoms. The van der Waals surface area contributed by atoms with E-state index in [2.05, 4.69) is 44.8 Å². The predicted octanol–water partition coefficient (Wildman–Crippen LogP) is 2.60. The summed E-state index contributed by atoms with van der Waals surface area (Å²) < 4.78 is 0. The van der Waals surface area contributed by atoms with E-state index in [-0.39, 0.29) is 0 Å². The van der Waals surface area contributed by atoms with Gasteiger partial charge >= 0.3 is 0 Å². The maximum Gasteiger partial charge on any atom is 0.00930 e. The van der Waals surface area contributed by atoms with Gasteiger partial charge in [-0.25, -0.2) is 0 Å². The fourth-order valence-corrected chi connectivity index (χ4v) is 3.13. The van der Waals surface area contributed by atoms with Crippen LogP contribution in [0, 0.1) is 17.3 Å². The summed E-state index contributed by atoms with van der Waals surface area (Å²) in [7, 11) is 2.05. The molecular weight excluding hydrogens is 196 g/mol. The number of rotatable bonds is 4. The quantitative estimate of drug-likeness (QED) is 0.792. The number of hydrogen-bond acceptors (Lipinski definition) is 2. The average molecular weight is 226 g/mol. The lowest BCUT2D eigenvalue weighted by molar-refractivity contribution is 0.0466. The Bertz CT molecular complexity index is 213. The number of nitrogens with one attached hydrogen (secondary N) is 1. The van der Waals surface area contributed by atoms with Crippen LogP contribution in [0.15, 0.2) is 0 Å². The van der Waals surface area contributed by atoms with Crippen LogP contribution in [0.4, 0.5) is 0 Å². The van der Waals surface area contributed by atoms with Crippen LogP contribution in [0.25, 0.3) is 0 Å². The van der Waals surface area contributed by atoms with Crippen LogP contribution in [0.1, 0.15) is 41.0 Å². The first-order valence-electron chi connectivity index (χ1n) is 6.74. The molecule has 0 aromatic rings. The summed E-state index contributed by atoms with van der Waals surface area (Å²) in [5.41, 5.74) is 0.375. The third-order valence-electron chi connectivity index (χ3n) is 4.01. The molecular formula is C14H30N2. The topological polar surface area (TPSA) is 15.3 Å². The second-order valence-corrected chi connectivity index (χ2v) is 6.68. The highest BCUT2D eigenvalue weighted by molar-refractivity contribution is 4.86. The van der Waals surface area contributed by atoms with Crippen molar-refractivity contribution in [3.63, 3.8) is 0 Å². The SMILES string of the molecule is CNCC(C)(C)CN1CC(C)CC(C)C1C. The molecule has 0 spiro atoms. The highest BCUT2D eigenvalue weighted by atomic mass is 15.2. The Balaban J connectivity index is 2.57. The second kappa shape index (κ2) is 5.50. The van der Waals surface area contributed by atoms with Gasteiger partial charge < -0.3 is 5.32 Å². The summed E-state index contributed by atoms with van der Waals surface area (Å²) >= 11 is 0. The maximum absolute atomic E-state index is 3.31. The van der Waals surface area contributed by atoms with E-state index < -0.39 is 0 Å². The van der Waals surface area contributed by atoms with Gasteiger partial charge in [0.05, 0.1) is 0 Å². The van der Waals surface area contributed by atoms with Crippen molar-refractivity contribution >= 4 is 0 Å². The van der Waals surface area contributed by atoms with Crippen molar-refractivity contribution < 1.29 is 0 Å².